The second kappa shape index (κ2) is 7.14. The van der Waals surface area contributed by atoms with E-state index in [4.69, 9.17) is 5.11 Å². The molecule has 0 saturated heterocycles. The molecular formula is C11H16N4O4. The van der Waals surface area contributed by atoms with E-state index in [1.807, 2.05) is 0 Å². The Morgan fingerprint density at radius 2 is 2.21 bits per heavy atom. The van der Waals surface area contributed by atoms with Crippen LogP contribution in [0, 0.1) is 0 Å². The summed E-state index contributed by atoms with van der Waals surface area (Å²) < 4.78 is 0. The quantitative estimate of drug-likeness (QED) is 0.507. The van der Waals surface area contributed by atoms with Gasteiger partial charge in [0.1, 0.15) is 12.6 Å². The number of carbonyl (C=O) groups excluding carboxylic acids is 2. The average molecular weight is 268 g/mol. The Balaban J connectivity index is 2.27. The highest BCUT2D eigenvalue weighted by molar-refractivity contribution is 5.89. The summed E-state index contributed by atoms with van der Waals surface area (Å²) in [6.45, 7) is 1.03. The van der Waals surface area contributed by atoms with Gasteiger partial charge < -0.3 is 20.7 Å². The molecule has 8 heteroatoms. The van der Waals surface area contributed by atoms with E-state index in [1.54, 1.807) is 6.20 Å². The average Bonchev–Trinajstić information content (AvgIpc) is 2.86. The van der Waals surface area contributed by atoms with Crippen LogP contribution in [0.2, 0.25) is 0 Å². The lowest BCUT2D eigenvalue weighted by Crippen LogP contribution is -2.46. The number of carboxylic acids is 1. The zero-order chi connectivity index (χ0) is 14.3. The number of carboxylic acid groups (broad SMARTS) is 1. The molecule has 0 aliphatic heterocycles. The Labute approximate surface area is 109 Å². The lowest BCUT2D eigenvalue weighted by Gasteiger charge is -2.12. The maximum Gasteiger partial charge on any atom is 0.322 e. The zero-order valence-corrected chi connectivity index (χ0v) is 10.5. The molecule has 1 heterocycles. The molecule has 4 N–H and O–H groups in total. The molecule has 0 spiro atoms. The summed E-state index contributed by atoms with van der Waals surface area (Å²) in [6.07, 6.45) is 3.86. The summed E-state index contributed by atoms with van der Waals surface area (Å²) in [5.74, 6) is -1.95. The van der Waals surface area contributed by atoms with Crippen molar-refractivity contribution in [3.8, 4) is 0 Å². The number of aromatic amines is 1. The third kappa shape index (κ3) is 5.66. The van der Waals surface area contributed by atoms with Crippen molar-refractivity contribution in [2.75, 3.05) is 6.54 Å². The normalized spacial score (nSPS) is 11.6. The van der Waals surface area contributed by atoms with Gasteiger partial charge in [-0.2, -0.15) is 0 Å². The van der Waals surface area contributed by atoms with Crippen molar-refractivity contribution in [2.24, 2.45) is 0 Å². The Kier molecular flexibility index (Phi) is 5.52. The van der Waals surface area contributed by atoms with Crippen LogP contribution in [0.4, 0.5) is 0 Å². The van der Waals surface area contributed by atoms with Gasteiger partial charge >= 0.3 is 5.97 Å². The molecule has 0 unspecified atom stereocenters. The summed E-state index contributed by atoms with van der Waals surface area (Å²) in [5, 5.41) is 13.1. The largest absolute Gasteiger partial charge is 0.480 e. The zero-order valence-electron chi connectivity index (χ0n) is 10.5. The van der Waals surface area contributed by atoms with Crippen molar-refractivity contribution in [1.82, 2.24) is 20.6 Å². The first kappa shape index (κ1) is 14.7. The molecule has 1 rings (SSSR count). The third-order valence-corrected chi connectivity index (χ3v) is 2.36. The molecule has 0 saturated carbocycles. The number of hydrogen-bond donors (Lipinski definition) is 4. The molecule has 2 amide bonds. The van der Waals surface area contributed by atoms with Gasteiger partial charge in [0.25, 0.3) is 0 Å². The molecule has 104 valence electrons. The van der Waals surface area contributed by atoms with Crippen molar-refractivity contribution in [3.05, 3.63) is 18.2 Å². The van der Waals surface area contributed by atoms with Crippen LogP contribution in [-0.2, 0) is 20.8 Å². The van der Waals surface area contributed by atoms with Crippen LogP contribution in [0.15, 0.2) is 12.5 Å². The van der Waals surface area contributed by atoms with Gasteiger partial charge in [0, 0.05) is 18.3 Å². The molecule has 0 radical (unpaired) electrons. The molecule has 0 aliphatic rings. The Morgan fingerprint density at radius 1 is 1.47 bits per heavy atom. The summed E-state index contributed by atoms with van der Waals surface area (Å²) in [7, 11) is 0. The summed E-state index contributed by atoms with van der Waals surface area (Å²) in [6, 6.07) is -0.770. The van der Waals surface area contributed by atoms with Crippen LogP contribution < -0.4 is 10.6 Å². The molecule has 0 bridgehead atoms. The van der Waals surface area contributed by atoms with Gasteiger partial charge in [0.2, 0.25) is 11.8 Å². The number of rotatable bonds is 7. The molecule has 0 aromatic carbocycles. The van der Waals surface area contributed by atoms with E-state index in [0.717, 1.165) is 5.69 Å². The van der Waals surface area contributed by atoms with E-state index in [0.29, 0.717) is 6.42 Å². The molecule has 1 atom stereocenters. The van der Waals surface area contributed by atoms with Crippen molar-refractivity contribution < 1.29 is 19.5 Å². The number of aryl methyl sites for hydroxylation is 1. The summed E-state index contributed by atoms with van der Waals surface area (Å²) in [4.78, 5) is 39.9. The SMILES string of the molecule is C[C@H](NC(=O)CCc1cnc[nH]1)C(=O)NCC(=O)O. The Bertz CT molecular complexity index is 444. The number of aromatic nitrogens is 2. The monoisotopic (exact) mass is 268 g/mol. The standard InChI is InChI=1S/C11H16N4O4/c1-7(11(19)13-5-10(17)18)15-9(16)3-2-8-4-12-6-14-8/h4,6-7H,2-3,5H2,1H3,(H,12,14)(H,13,19)(H,15,16)(H,17,18)/t7-/m0/s1. The number of amides is 2. The van der Waals surface area contributed by atoms with Gasteiger partial charge in [-0.25, -0.2) is 4.98 Å². The number of imidazole rings is 1. The van der Waals surface area contributed by atoms with Gasteiger partial charge in [0.15, 0.2) is 0 Å². The summed E-state index contributed by atoms with van der Waals surface area (Å²) in [5.41, 5.74) is 0.832. The Hall–Kier alpha value is -2.38. The molecule has 1 aromatic rings. The van der Waals surface area contributed by atoms with Crippen LogP contribution in [0.1, 0.15) is 19.0 Å². The molecule has 0 fully saturated rings. The highest BCUT2D eigenvalue weighted by Crippen LogP contribution is 1.97. The minimum Gasteiger partial charge on any atom is -0.480 e. The van der Waals surface area contributed by atoms with E-state index in [9.17, 15) is 14.4 Å². The topological polar surface area (TPSA) is 124 Å². The van der Waals surface area contributed by atoms with Gasteiger partial charge in [-0.1, -0.05) is 0 Å². The molecule has 1 aromatic heterocycles. The molecular weight excluding hydrogens is 252 g/mol. The van der Waals surface area contributed by atoms with E-state index >= 15 is 0 Å². The highest BCUT2D eigenvalue weighted by Gasteiger charge is 2.15. The summed E-state index contributed by atoms with van der Waals surface area (Å²) >= 11 is 0. The fraction of sp³-hybridized carbons (Fsp3) is 0.455. The van der Waals surface area contributed by atoms with Gasteiger partial charge in [0.05, 0.1) is 6.33 Å². The highest BCUT2D eigenvalue weighted by atomic mass is 16.4. The number of hydrogen-bond acceptors (Lipinski definition) is 4. The van der Waals surface area contributed by atoms with E-state index in [1.165, 1.54) is 13.3 Å². The predicted molar refractivity (Wildman–Crippen MR) is 65.2 cm³/mol. The van der Waals surface area contributed by atoms with Crippen LogP contribution in [0.5, 0.6) is 0 Å². The third-order valence-electron chi connectivity index (χ3n) is 2.36. The van der Waals surface area contributed by atoms with Crippen molar-refractivity contribution in [1.29, 1.82) is 0 Å². The first-order valence-electron chi connectivity index (χ1n) is 5.75. The Morgan fingerprint density at radius 3 is 2.79 bits per heavy atom. The maximum absolute atomic E-state index is 11.5. The number of carbonyl (C=O) groups is 3. The van der Waals surface area contributed by atoms with Crippen LogP contribution in [0.25, 0.3) is 0 Å². The van der Waals surface area contributed by atoms with Gasteiger partial charge in [-0.05, 0) is 13.3 Å². The number of nitrogens with zero attached hydrogens (tertiary/aromatic N) is 1. The maximum atomic E-state index is 11.5. The van der Waals surface area contributed by atoms with Gasteiger partial charge in [-0.3, -0.25) is 14.4 Å². The van der Waals surface area contributed by atoms with Crippen LogP contribution in [0.3, 0.4) is 0 Å². The first-order chi connectivity index (χ1) is 8.99. The van der Waals surface area contributed by atoms with E-state index < -0.39 is 24.5 Å². The molecule has 8 nitrogen and oxygen atoms in total. The minimum absolute atomic E-state index is 0.221. The van der Waals surface area contributed by atoms with E-state index in [-0.39, 0.29) is 12.3 Å². The molecule has 0 aliphatic carbocycles. The molecule has 19 heavy (non-hydrogen) atoms. The van der Waals surface area contributed by atoms with Crippen molar-refractivity contribution >= 4 is 17.8 Å². The lowest BCUT2D eigenvalue weighted by molar-refractivity contribution is -0.138. The predicted octanol–water partition coefficient (Wildman–Crippen LogP) is -0.952. The minimum atomic E-state index is -1.13. The number of nitrogens with one attached hydrogen (secondary N) is 3. The number of H-pyrrole nitrogens is 1. The second-order valence-corrected chi connectivity index (χ2v) is 3.98. The van der Waals surface area contributed by atoms with E-state index in [2.05, 4.69) is 20.6 Å². The van der Waals surface area contributed by atoms with Gasteiger partial charge in [-0.15, -0.1) is 0 Å². The first-order valence-corrected chi connectivity index (χ1v) is 5.75. The fourth-order valence-corrected chi connectivity index (χ4v) is 1.36. The fourth-order valence-electron chi connectivity index (χ4n) is 1.36. The smallest absolute Gasteiger partial charge is 0.322 e. The second-order valence-electron chi connectivity index (χ2n) is 3.98. The number of aliphatic carboxylic acids is 1. The van der Waals surface area contributed by atoms with Crippen LogP contribution >= 0.6 is 0 Å². The van der Waals surface area contributed by atoms with Crippen LogP contribution in [-0.4, -0.2) is 45.4 Å². The van der Waals surface area contributed by atoms with Crippen molar-refractivity contribution in [3.63, 3.8) is 0 Å². The lowest BCUT2D eigenvalue weighted by atomic mass is 10.2. The van der Waals surface area contributed by atoms with Crippen molar-refractivity contribution in [2.45, 2.75) is 25.8 Å².